The molecule has 5 aromatic rings. The van der Waals surface area contributed by atoms with Gasteiger partial charge in [-0.1, -0.05) is 94.1 Å². The Balaban J connectivity index is 0.670. The number of rotatable bonds is 12. The Bertz CT molecular complexity index is 3080. The van der Waals surface area contributed by atoms with Crippen LogP contribution in [0.25, 0.3) is 27.7 Å². The highest BCUT2D eigenvalue weighted by Crippen LogP contribution is 2.52. The molecular weight excluding hydrogens is 1000 g/mol. The number of hydrogen-bond donors (Lipinski definition) is 4. The summed E-state index contributed by atoms with van der Waals surface area (Å²) in [4.78, 5) is 58.6. The maximum Gasteiger partial charge on any atom is 0.282 e. The van der Waals surface area contributed by atoms with E-state index in [2.05, 4.69) is 105 Å². The molecule has 15 nitrogen and oxygen atoms in total. The van der Waals surface area contributed by atoms with E-state index in [1.165, 1.54) is 23.2 Å². The first kappa shape index (κ1) is 53.0. The molecule has 78 heavy (non-hydrogen) atoms. The van der Waals surface area contributed by atoms with Crippen LogP contribution in [0.15, 0.2) is 102 Å². The lowest BCUT2D eigenvalue weighted by Crippen LogP contribution is -2.59. The molecule has 3 aromatic carbocycles. The number of morpholine rings is 1. The number of ether oxygens (including phenoxy) is 1. The summed E-state index contributed by atoms with van der Waals surface area (Å²) in [6.07, 6.45) is 17.2. The molecule has 5 fully saturated rings. The number of fused-ring (bicyclic) bond motifs is 7. The molecular formula is C62H77ClN10O5. The zero-order valence-electron chi connectivity index (χ0n) is 45.6. The molecule has 3 saturated heterocycles. The summed E-state index contributed by atoms with van der Waals surface area (Å²) in [5.74, 6) is 1.90. The number of halogens is 1. The largest absolute Gasteiger partial charge is 0.391 e. The number of hydrazine groups is 2. The van der Waals surface area contributed by atoms with Crippen LogP contribution < -0.4 is 21.8 Å². The summed E-state index contributed by atoms with van der Waals surface area (Å²) in [6, 6.07) is 23.4. The summed E-state index contributed by atoms with van der Waals surface area (Å²) < 4.78 is 7.92. The van der Waals surface area contributed by atoms with E-state index in [1.54, 1.807) is 23.4 Å². The van der Waals surface area contributed by atoms with Crippen molar-refractivity contribution in [2.45, 2.75) is 133 Å². The molecule has 1 spiro atoms. The van der Waals surface area contributed by atoms with E-state index in [9.17, 15) is 19.5 Å². The Kier molecular flexibility index (Phi) is 15.0. The Labute approximate surface area is 463 Å². The van der Waals surface area contributed by atoms with Gasteiger partial charge in [0.15, 0.2) is 0 Å². The lowest BCUT2D eigenvalue weighted by molar-refractivity contribution is -0.146. The van der Waals surface area contributed by atoms with Gasteiger partial charge in [0, 0.05) is 69.4 Å². The van der Waals surface area contributed by atoms with Crippen LogP contribution in [-0.2, 0) is 19.7 Å². The first-order chi connectivity index (χ1) is 37.8. The van der Waals surface area contributed by atoms with Gasteiger partial charge in [0.25, 0.3) is 5.56 Å². The van der Waals surface area contributed by atoms with E-state index in [1.807, 2.05) is 29.3 Å². The Morgan fingerprint density at radius 3 is 2.33 bits per heavy atom. The zero-order chi connectivity index (χ0) is 53.7. The van der Waals surface area contributed by atoms with Gasteiger partial charge in [-0.05, 0) is 140 Å². The van der Waals surface area contributed by atoms with Crippen molar-refractivity contribution >= 4 is 34.3 Å². The van der Waals surface area contributed by atoms with Gasteiger partial charge in [-0.3, -0.25) is 33.8 Å². The van der Waals surface area contributed by atoms with Gasteiger partial charge < -0.3 is 30.4 Å². The molecule has 0 radical (unpaired) electrons. The van der Waals surface area contributed by atoms with Crippen LogP contribution in [-0.4, -0.2) is 128 Å². The van der Waals surface area contributed by atoms with Gasteiger partial charge in [0.2, 0.25) is 11.8 Å². The lowest BCUT2D eigenvalue weighted by atomic mass is 9.69. The molecule has 5 aliphatic heterocycles. The molecule has 16 heteroatoms. The second-order valence-electron chi connectivity index (χ2n) is 24.6. The fraction of sp³-hybridized carbons (Fsp3) is 0.532. The highest BCUT2D eigenvalue weighted by atomic mass is 35.5. The molecule has 7 heterocycles. The Hall–Kier alpha value is -5.68. The number of amides is 2. The summed E-state index contributed by atoms with van der Waals surface area (Å²) in [5, 5.41) is 17.3. The molecule has 4 atom stereocenters. The van der Waals surface area contributed by atoms with Crippen LogP contribution in [0.4, 0.5) is 0 Å². The first-order valence-corrected chi connectivity index (χ1v) is 29.4. The molecule has 12 rings (SSSR count). The van der Waals surface area contributed by atoms with E-state index in [0.717, 1.165) is 131 Å². The number of aliphatic hydroxyl groups excluding tert-OH is 1. The Morgan fingerprint density at radius 2 is 1.60 bits per heavy atom. The monoisotopic (exact) mass is 1080 g/mol. The van der Waals surface area contributed by atoms with Crippen molar-refractivity contribution in [2.75, 3.05) is 59.0 Å². The number of likely N-dealkylation sites (tertiary alicyclic amines) is 2. The lowest BCUT2D eigenvalue weighted by Gasteiger charge is -2.39. The van der Waals surface area contributed by atoms with Crippen LogP contribution in [0, 0.1) is 17.3 Å². The van der Waals surface area contributed by atoms with Crippen molar-refractivity contribution < 1.29 is 19.4 Å². The topological polar surface area (TPSA) is 160 Å². The summed E-state index contributed by atoms with van der Waals surface area (Å²) in [7, 11) is 0. The minimum absolute atomic E-state index is 0.0944. The van der Waals surface area contributed by atoms with Crippen molar-refractivity contribution in [1.82, 2.24) is 50.5 Å². The number of β-amino-alcohol motifs (C(OH)–C–C–N with tert-alkyl or cyclic N) is 1. The van der Waals surface area contributed by atoms with Gasteiger partial charge in [0.1, 0.15) is 17.9 Å². The average Bonchev–Trinajstić information content (AvgIpc) is 4.38. The van der Waals surface area contributed by atoms with Gasteiger partial charge in [-0.15, -0.1) is 5.53 Å². The number of benzene rings is 3. The molecule has 0 bridgehead atoms. The molecule has 2 amide bonds. The number of carbonyl (C=O) groups excluding carboxylic acids is 2. The third-order valence-corrected chi connectivity index (χ3v) is 18.9. The predicted octanol–water partition coefficient (Wildman–Crippen LogP) is 8.38. The molecule has 412 valence electrons. The van der Waals surface area contributed by atoms with Crippen molar-refractivity contribution in [1.29, 1.82) is 0 Å². The van der Waals surface area contributed by atoms with Crippen molar-refractivity contribution in [3.63, 3.8) is 0 Å². The number of pyridine rings is 1. The van der Waals surface area contributed by atoms with Crippen LogP contribution in [0.3, 0.4) is 0 Å². The molecule has 2 aliphatic carbocycles. The number of piperidine rings is 1. The number of aromatic nitrogens is 3. The van der Waals surface area contributed by atoms with E-state index < -0.39 is 23.6 Å². The van der Waals surface area contributed by atoms with Crippen molar-refractivity contribution in [3.8, 4) is 16.8 Å². The van der Waals surface area contributed by atoms with E-state index >= 15 is 0 Å². The standard InChI is InChI=1S/C62H77ClN10O5/c1-61(2,3)56(59(77)71-37-47(74)35-54(71)57(75)65-50(38-70-30-32-78-33-31-70)44-16-14-41(15-17-44)42-20-26-64-27-21-42)72-39-51(67-68-72)45-12-10-40(11-13-45)36-69-28-22-43(23-29-69)46-18-19-48-53(34-46)73-52-9-7-8-49(63)55(52)58(76)66-60(73)62(48)24-5-4-6-25-62/h7-9,14-21,26-27,34,39-40,43,45,47,50,54,56,67-68,74H,4-6,10-13,22-25,28-33,35-38H2,1-3H3,(H,65,75)/t40?,45?,47-,50+,54+,56-/m1/s1. The number of carbonyl (C=O) groups is 2. The van der Waals surface area contributed by atoms with Crippen LogP contribution in [0.5, 0.6) is 0 Å². The fourth-order valence-corrected chi connectivity index (χ4v) is 14.7. The van der Waals surface area contributed by atoms with Gasteiger partial charge in [-0.2, -0.15) is 4.98 Å². The van der Waals surface area contributed by atoms with Crippen LogP contribution in [0.2, 0.25) is 5.02 Å². The number of aliphatic hydroxyl groups is 1. The molecule has 7 aliphatic rings. The third-order valence-electron chi connectivity index (χ3n) is 18.6. The van der Waals surface area contributed by atoms with Gasteiger partial charge in [0.05, 0.1) is 52.4 Å². The minimum atomic E-state index is -0.819. The molecule has 4 N–H and O–H groups in total. The number of nitrogens with one attached hydrogen (secondary N) is 3. The zero-order valence-corrected chi connectivity index (χ0v) is 46.4. The van der Waals surface area contributed by atoms with E-state index in [-0.39, 0.29) is 41.8 Å². The van der Waals surface area contributed by atoms with Crippen molar-refractivity contribution in [2.24, 2.45) is 17.3 Å². The van der Waals surface area contributed by atoms with Crippen LogP contribution in [0.1, 0.15) is 132 Å². The normalized spacial score (nSPS) is 24.7. The van der Waals surface area contributed by atoms with Crippen LogP contribution >= 0.6 is 11.6 Å². The average molecular weight is 1080 g/mol. The third kappa shape index (κ3) is 10.4. The quantitative estimate of drug-likeness (QED) is 0.0947. The van der Waals surface area contributed by atoms with E-state index in [4.69, 9.17) is 21.3 Å². The number of nitrogens with zero attached hydrogens (tertiary/aromatic N) is 7. The number of allylic oxidation sites excluding steroid dienone is 1. The predicted molar refractivity (Wildman–Crippen MR) is 303 cm³/mol. The van der Waals surface area contributed by atoms with Gasteiger partial charge >= 0.3 is 0 Å². The number of hydrogen-bond acceptors (Lipinski definition) is 12. The Morgan fingerprint density at radius 1 is 0.872 bits per heavy atom. The molecule has 0 unspecified atom stereocenters. The second-order valence-corrected chi connectivity index (χ2v) is 25.1. The SMILES string of the molecule is CC(C)(C)[C@@H](C(=O)N1C[C@H](O)C[C@H]1C(=O)N[C@@H](CN1CCOCC1)c1ccc(-c2ccncc2)cc1)N1C=C(C2CCC(CN3CCC(c4ccc5c(c4)-n4c(nc(=O)c6c(Cl)cccc64)C54CCCCC4)CC3)CC2)NN1. The van der Waals surface area contributed by atoms with E-state index in [0.29, 0.717) is 47.9 Å². The molecule has 2 saturated carbocycles. The minimum Gasteiger partial charge on any atom is -0.391 e. The maximum atomic E-state index is 15.0. The maximum absolute atomic E-state index is 15.0. The molecule has 2 aromatic heterocycles. The highest BCUT2D eigenvalue weighted by molar-refractivity contribution is 6.35. The summed E-state index contributed by atoms with van der Waals surface area (Å²) in [5.41, 5.74) is 14.8. The summed E-state index contributed by atoms with van der Waals surface area (Å²) >= 11 is 6.67. The fourth-order valence-electron chi connectivity index (χ4n) is 14.5. The first-order valence-electron chi connectivity index (χ1n) is 29.0. The second kappa shape index (κ2) is 22.1. The smallest absolute Gasteiger partial charge is 0.282 e. The highest BCUT2D eigenvalue weighted by Gasteiger charge is 2.49. The van der Waals surface area contributed by atoms with Crippen molar-refractivity contribution in [3.05, 3.63) is 135 Å². The summed E-state index contributed by atoms with van der Waals surface area (Å²) in [6.45, 7) is 13.0. The van der Waals surface area contributed by atoms with Gasteiger partial charge in [-0.25, -0.2) is 0 Å².